The van der Waals surface area contributed by atoms with Gasteiger partial charge in [-0.25, -0.2) is 19.4 Å². The maximum absolute atomic E-state index is 10.9. The van der Waals surface area contributed by atoms with Crippen LogP contribution in [0.15, 0.2) is 55.2 Å². The Bertz CT molecular complexity index is 770. The first-order valence-electron chi connectivity index (χ1n) is 6.48. The molecule has 2 aromatic heterocycles. The molecule has 3 rings (SSSR count). The molecule has 1 N–H and O–H groups in total. The van der Waals surface area contributed by atoms with Crippen LogP contribution in [0.4, 0.5) is 0 Å². The Hall–Kier alpha value is -3.22. The predicted octanol–water partition coefficient (Wildman–Crippen LogP) is 1.94. The highest BCUT2D eigenvalue weighted by Gasteiger charge is 2.04. The van der Waals surface area contributed by atoms with Gasteiger partial charge in [-0.1, -0.05) is 12.1 Å². The van der Waals surface area contributed by atoms with Gasteiger partial charge in [0, 0.05) is 0 Å². The van der Waals surface area contributed by atoms with Crippen LogP contribution in [0.2, 0.25) is 0 Å². The van der Waals surface area contributed by atoms with Crippen molar-refractivity contribution < 1.29 is 14.6 Å². The lowest BCUT2D eigenvalue weighted by atomic mass is 10.1. The molecule has 7 nitrogen and oxygen atoms in total. The molecule has 1 aromatic carbocycles. The average molecular weight is 296 g/mol. The molecule has 110 valence electrons. The number of pyridine rings is 1. The lowest BCUT2D eigenvalue weighted by Gasteiger charge is -2.07. The van der Waals surface area contributed by atoms with Crippen LogP contribution in [-0.2, 0) is 6.61 Å². The second kappa shape index (κ2) is 6.04. The molecule has 0 bridgehead atoms. The second-order valence-electron chi connectivity index (χ2n) is 4.49. The van der Waals surface area contributed by atoms with Crippen molar-refractivity contribution in [1.82, 2.24) is 19.7 Å². The molecule has 7 heteroatoms. The van der Waals surface area contributed by atoms with E-state index < -0.39 is 5.97 Å². The number of benzene rings is 1. The van der Waals surface area contributed by atoms with Gasteiger partial charge in [0.25, 0.3) is 0 Å². The van der Waals surface area contributed by atoms with Crippen molar-refractivity contribution in [2.75, 3.05) is 0 Å². The molecule has 0 aliphatic heterocycles. The quantitative estimate of drug-likeness (QED) is 0.773. The zero-order valence-corrected chi connectivity index (χ0v) is 11.5. The summed E-state index contributed by atoms with van der Waals surface area (Å²) in [5, 5.41) is 12.9. The number of rotatable bonds is 5. The summed E-state index contributed by atoms with van der Waals surface area (Å²) in [6.07, 6.45) is 4.57. The van der Waals surface area contributed by atoms with E-state index in [1.807, 2.05) is 6.07 Å². The van der Waals surface area contributed by atoms with Crippen molar-refractivity contribution in [3.05, 3.63) is 66.4 Å². The van der Waals surface area contributed by atoms with Crippen LogP contribution >= 0.6 is 0 Å². The lowest BCUT2D eigenvalue weighted by molar-refractivity contribution is 0.0696. The third-order valence-corrected chi connectivity index (χ3v) is 2.95. The van der Waals surface area contributed by atoms with Crippen LogP contribution in [0.1, 0.15) is 15.9 Å². The zero-order valence-electron chi connectivity index (χ0n) is 11.5. The summed E-state index contributed by atoms with van der Waals surface area (Å²) in [6, 6.07) is 10.2. The molecule has 0 atom stereocenters. The zero-order chi connectivity index (χ0) is 15.4. The van der Waals surface area contributed by atoms with Crippen molar-refractivity contribution in [2.24, 2.45) is 0 Å². The summed E-state index contributed by atoms with van der Waals surface area (Å²) in [7, 11) is 0. The molecule has 3 aromatic rings. The van der Waals surface area contributed by atoms with E-state index in [9.17, 15) is 4.79 Å². The molecule has 0 aliphatic carbocycles. The fourth-order valence-corrected chi connectivity index (χ4v) is 1.88. The first kappa shape index (κ1) is 13.7. The molecule has 0 radical (unpaired) electrons. The van der Waals surface area contributed by atoms with E-state index in [-0.39, 0.29) is 12.2 Å². The van der Waals surface area contributed by atoms with Gasteiger partial charge in [-0.15, -0.1) is 0 Å². The maximum Gasteiger partial charge on any atom is 0.335 e. The molecule has 0 fully saturated rings. The summed E-state index contributed by atoms with van der Waals surface area (Å²) >= 11 is 0. The Labute approximate surface area is 125 Å². The highest BCUT2D eigenvalue weighted by Crippen LogP contribution is 2.14. The molecule has 22 heavy (non-hydrogen) atoms. The molecule has 0 saturated heterocycles. The number of carbonyl (C=O) groups is 1. The molecule has 0 amide bonds. The summed E-state index contributed by atoms with van der Waals surface area (Å²) in [5.74, 6) is 0.267. The van der Waals surface area contributed by atoms with Crippen LogP contribution in [0, 0.1) is 0 Å². The van der Waals surface area contributed by atoms with Crippen molar-refractivity contribution in [3.8, 4) is 11.6 Å². The Morgan fingerprint density at radius 3 is 2.86 bits per heavy atom. The summed E-state index contributed by atoms with van der Waals surface area (Å²) in [5.41, 5.74) is 1.01. The van der Waals surface area contributed by atoms with Gasteiger partial charge >= 0.3 is 5.97 Å². The van der Waals surface area contributed by atoms with Gasteiger partial charge < -0.3 is 9.84 Å². The van der Waals surface area contributed by atoms with Gasteiger partial charge in [-0.05, 0) is 29.8 Å². The van der Waals surface area contributed by atoms with Crippen LogP contribution < -0.4 is 4.74 Å². The van der Waals surface area contributed by atoms with E-state index in [4.69, 9.17) is 9.84 Å². The molecular formula is C15H12N4O3. The number of ether oxygens (including phenoxy) is 1. The first-order valence-corrected chi connectivity index (χ1v) is 6.48. The van der Waals surface area contributed by atoms with Crippen LogP contribution in [0.5, 0.6) is 5.75 Å². The standard InChI is InChI=1S/C15H12N4O3/c20-15(21)12-3-1-2-11(6-12)8-22-13-4-5-14(17-7-13)19-10-16-9-18-19/h1-7,9-10H,8H2,(H,20,21). The van der Waals surface area contributed by atoms with Gasteiger partial charge in [0.15, 0.2) is 5.82 Å². The van der Waals surface area contributed by atoms with E-state index in [1.54, 1.807) is 47.5 Å². The SMILES string of the molecule is O=C(O)c1cccc(COc2ccc(-n3cncn3)nc2)c1. The molecule has 0 aliphatic rings. The number of hydrogen-bond donors (Lipinski definition) is 1. The van der Waals surface area contributed by atoms with Crippen LogP contribution in [0.3, 0.4) is 0 Å². The normalized spacial score (nSPS) is 10.4. The maximum atomic E-state index is 10.9. The van der Waals surface area contributed by atoms with Crippen LogP contribution in [-0.4, -0.2) is 30.8 Å². The van der Waals surface area contributed by atoms with Gasteiger partial charge in [0.05, 0.1) is 11.8 Å². The highest BCUT2D eigenvalue weighted by molar-refractivity contribution is 5.87. The minimum Gasteiger partial charge on any atom is -0.487 e. The summed E-state index contributed by atoms with van der Waals surface area (Å²) < 4.78 is 7.14. The van der Waals surface area contributed by atoms with Crippen molar-refractivity contribution in [1.29, 1.82) is 0 Å². The van der Waals surface area contributed by atoms with E-state index in [0.29, 0.717) is 11.6 Å². The first-order chi connectivity index (χ1) is 10.7. The third-order valence-electron chi connectivity index (χ3n) is 2.95. The number of aromatic carboxylic acids is 1. The second-order valence-corrected chi connectivity index (χ2v) is 4.49. The number of nitrogens with zero attached hydrogens (tertiary/aromatic N) is 4. The predicted molar refractivity (Wildman–Crippen MR) is 76.9 cm³/mol. The highest BCUT2D eigenvalue weighted by atomic mass is 16.5. The number of hydrogen-bond acceptors (Lipinski definition) is 5. The number of carboxylic acids is 1. The fourth-order valence-electron chi connectivity index (χ4n) is 1.88. The van der Waals surface area contributed by atoms with Crippen molar-refractivity contribution in [3.63, 3.8) is 0 Å². The molecule has 0 unspecified atom stereocenters. The Kier molecular flexibility index (Phi) is 3.78. The Balaban J connectivity index is 1.66. The minimum absolute atomic E-state index is 0.237. The van der Waals surface area contributed by atoms with Gasteiger partial charge in [-0.2, -0.15) is 5.10 Å². The number of aromatic nitrogens is 4. The smallest absolute Gasteiger partial charge is 0.335 e. The van der Waals surface area contributed by atoms with Crippen LogP contribution in [0.25, 0.3) is 5.82 Å². The monoisotopic (exact) mass is 296 g/mol. The average Bonchev–Trinajstić information content (AvgIpc) is 3.08. The van der Waals surface area contributed by atoms with E-state index >= 15 is 0 Å². The summed E-state index contributed by atoms with van der Waals surface area (Å²) in [6.45, 7) is 0.269. The van der Waals surface area contributed by atoms with Crippen molar-refractivity contribution in [2.45, 2.75) is 6.61 Å². The Morgan fingerprint density at radius 2 is 2.18 bits per heavy atom. The minimum atomic E-state index is -0.958. The van der Waals surface area contributed by atoms with Gasteiger partial charge in [0.1, 0.15) is 25.0 Å². The topological polar surface area (TPSA) is 90.1 Å². The fraction of sp³-hybridized carbons (Fsp3) is 0.0667. The molecule has 0 spiro atoms. The van der Waals surface area contributed by atoms with E-state index in [1.165, 1.54) is 6.33 Å². The Morgan fingerprint density at radius 1 is 1.27 bits per heavy atom. The molecule has 0 saturated carbocycles. The van der Waals surface area contributed by atoms with Crippen molar-refractivity contribution >= 4 is 5.97 Å². The van der Waals surface area contributed by atoms with E-state index in [2.05, 4.69) is 15.1 Å². The van der Waals surface area contributed by atoms with Gasteiger partial charge in [-0.3, -0.25) is 0 Å². The molecular weight excluding hydrogens is 284 g/mol. The molecule has 2 heterocycles. The summed E-state index contributed by atoms with van der Waals surface area (Å²) in [4.78, 5) is 19.0. The lowest BCUT2D eigenvalue weighted by Crippen LogP contribution is -2.01. The van der Waals surface area contributed by atoms with E-state index in [0.717, 1.165) is 5.56 Å². The largest absolute Gasteiger partial charge is 0.487 e. The third kappa shape index (κ3) is 3.09. The van der Waals surface area contributed by atoms with Gasteiger partial charge in [0.2, 0.25) is 0 Å². The number of carboxylic acid groups (broad SMARTS) is 1.